The summed E-state index contributed by atoms with van der Waals surface area (Å²) in [7, 11) is 0. The molecule has 1 atom stereocenters. The summed E-state index contributed by atoms with van der Waals surface area (Å²) in [5, 5.41) is 10.8. The molecular weight excluding hydrogens is 258 g/mol. The van der Waals surface area contributed by atoms with Crippen molar-refractivity contribution in [3.8, 4) is 0 Å². The summed E-state index contributed by atoms with van der Waals surface area (Å²) < 4.78 is 0. The Morgan fingerprint density at radius 2 is 1.76 bits per heavy atom. The van der Waals surface area contributed by atoms with E-state index >= 15 is 0 Å². The molecule has 0 radical (unpaired) electrons. The van der Waals surface area contributed by atoms with E-state index in [2.05, 4.69) is 59.6 Å². The van der Waals surface area contributed by atoms with Crippen molar-refractivity contribution in [1.29, 1.82) is 0 Å². The zero-order chi connectivity index (χ0) is 14.8. The van der Waals surface area contributed by atoms with E-state index in [1.54, 1.807) is 0 Å². The van der Waals surface area contributed by atoms with Crippen molar-refractivity contribution < 1.29 is 0 Å². The summed E-state index contributed by atoms with van der Waals surface area (Å²) >= 11 is 0. The highest BCUT2D eigenvalue weighted by Gasteiger charge is 2.16. The molecule has 1 unspecified atom stereocenters. The van der Waals surface area contributed by atoms with Crippen LogP contribution in [0.15, 0.2) is 48.5 Å². The predicted octanol–water partition coefficient (Wildman–Crippen LogP) is 3.55. The fraction of sp³-hybridized carbons (Fsp3) is 0.222. The van der Waals surface area contributed by atoms with Crippen LogP contribution in [0.1, 0.15) is 35.5 Å². The Bertz CT molecular complexity index is 775. The van der Waals surface area contributed by atoms with Gasteiger partial charge in [-0.2, -0.15) is 10.2 Å². The van der Waals surface area contributed by atoms with E-state index in [9.17, 15) is 0 Å². The van der Waals surface area contributed by atoms with Crippen molar-refractivity contribution in [3.05, 3.63) is 71.0 Å². The third-order valence-corrected chi connectivity index (χ3v) is 3.85. The SMILES string of the molecule is CCc1nnc(C)cc1C(N)c1cccc2ccccc12. The maximum Gasteiger partial charge on any atom is 0.0679 e. The van der Waals surface area contributed by atoms with Gasteiger partial charge < -0.3 is 5.73 Å². The number of fused-ring (bicyclic) bond motifs is 1. The number of nitrogens with zero attached hydrogens (tertiary/aromatic N) is 2. The Morgan fingerprint density at radius 3 is 2.57 bits per heavy atom. The molecule has 1 heterocycles. The van der Waals surface area contributed by atoms with E-state index in [1.807, 2.05) is 13.0 Å². The van der Waals surface area contributed by atoms with Crippen LogP contribution >= 0.6 is 0 Å². The molecule has 1 aromatic heterocycles. The van der Waals surface area contributed by atoms with E-state index in [1.165, 1.54) is 10.8 Å². The molecule has 3 rings (SSSR count). The summed E-state index contributed by atoms with van der Waals surface area (Å²) in [6, 6.07) is 16.5. The Morgan fingerprint density at radius 1 is 1.00 bits per heavy atom. The molecule has 0 saturated heterocycles. The van der Waals surface area contributed by atoms with Crippen LogP contribution in [0.2, 0.25) is 0 Å². The molecule has 0 aliphatic heterocycles. The van der Waals surface area contributed by atoms with E-state index in [-0.39, 0.29) is 6.04 Å². The molecule has 21 heavy (non-hydrogen) atoms. The van der Waals surface area contributed by atoms with Gasteiger partial charge in [-0.3, -0.25) is 0 Å². The molecule has 0 amide bonds. The zero-order valence-corrected chi connectivity index (χ0v) is 12.4. The molecule has 0 fully saturated rings. The van der Waals surface area contributed by atoms with Gasteiger partial charge in [0.2, 0.25) is 0 Å². The molecule has 0 aliphatic carbocycles. The second-order valence-corrected chi connectivity index (χ2v) is 5.29. The summed E-state index contributed by atoms with van der Waals surface area (Å²) in [6.07, 6.45) is 0.834. The van der Waals surface area contributed by atoms with Crippen LogP contribution in [0.5, 0.6) is 0 Å². The average molecular weight is 277 g/mol. The Labute approximate surface area is 124 Å². The van der Waals surface area contributed by atoms with E-state index in [0.29, 0.717) is 0 Å². The first-order valence-corrected chi connectivity index (χ1v) is 7.27. The number of aryl methyl sites for hydroxylation is 2. The molecule has 2 N–H and O–H groups in total. The van der Waals surface area contributed by atoms with E-state index in [0.717, 1.165) is 28.9 Å². The first kappa shape index (κ1) is 13.7. The Kier molecular flexibility index (Phi) is 3.67. The number of nitrogens with two attached hydrogens (primary N) is 1. The minimum Gasteiger partial charge on any atom is -0.320 e. The molecule has 0 saturated carbocycles. The highest BCUT2D eigenvalue weighted by atomic mass is 15.1. The molecule has 3 nitrogen and oxygen atoms in total. The summed E-state index contributed by atoms with van der Waals surface area (Å²) in [5.41, 5.74) is 10.6. The minimum absolute atomic E-state index is 0.180. The van der Waals surface area contributed by atoms with Gasteiger partial charge in [0.15, 0.2) is 0 Å². The van der Waals surface area contributed by atoms with Gasteiger partial charge in [0, 0.05) is 0 Å². The first-order chi connectivity index (χ1) is 10.2. The van der Waals surface area contributed by atoms with Gasteiger partial charge in [-0.25, -0.2) is 0 Å². The summed E-state index contributed by atoms with van der Waals surface area (Å²) in [4.78, 5) is 0. The third-order valence-electron chi connectivity index (χ3n) is 3.85. The fourth-order valence-corrected chi connectivity index (χ4v) is 2.77. The second kappa shape index (κ2) is 5.62. The monoisotopic (exact) mass is 277 g/mol. The van der Waals surface area contributed by atoms with Crippen molar-refractivity contribution in [3.63, 3.8) is 0 Å². The smallest absolute Gasteiger partial charge is 0.0679 e. The number of hydrogen-bond donors (Lipinski definition) is 1. The number of aromatic nitrogens is 2. The van der Waals surface area contributed by atoms with E-state index < -0.39 is 0 Å². The van der Waals surface area contributed by atoms with Crippen molar-refractivity contribution >= 4 is 10.8 Å². The van der Waals surface area contributed by atoms with Crippen molar-refractivity contribution in [2.24, 2.45) is 5.73 Å². The number of rotatable bonds is 3. The van der Waals surface area contributed by atoms with Crippen LogP contribution < -0.4 is 5.73 Å². The van der Waals surface area contributed by atoms with Gasteiger partial charge in [0.05, 0.1) is 17.4 Å². The van der Waals surface area contributed by atoms with Gasteiger partial charge in [-0.05, 0) is 41.3 Å². The standard InChI is InChI=1S/C18H19N3/c1-3-17-16(11-12(2)20-21-17)18(19)15-10-6-8-13-7-4-5-9-14(13)15/h4-11,18H,3,19H2,1-2H3. The van der Waals surface area contributed by atoms with Gasteiger partial charge in [-0.15, -0.1) is 0 Å². The average Bonchev–Trinajstić information content (AvgIpc) is 2.53. The molecule has 0 bridgehead atoms. The molecular formula is C18H19N3. The minimum atomic E-state index is -0.180. The lowest BCUT2D eigenvalue weighted by molar-refractivity contribution is 0.794. The maximum atomic E-state index is 6.56. The quantitative estimate of drug-likeness (QED) is 0.796. The van der Waals surface area contributed by atoms with Crippen LogP contribution in [-0.4, -0.2) is 10.2 Å². The maximum absolute atomic E-state index is 6.56. The van der Waals surface area contributed by atoms with Crippen LogP contribution in [-0.2, 0) is 6.42 Å². The number of hydrogen-bond acceptors (Lipinski definition) is 3. The van der Waals surface area contributed by atoms with Crippen molar-refractivity contribution in [1.82, 2.24) is 10.2 Å². The molecule has 3 aromatic rings. The highest BCUT2D eigenvalue weighted by Crippen LogP contribution is 2.28. The lowest BCUT2D eigenvalue weighted by Crippen LogP contribution is -2.16. The van der Waals surface area contributed by atoms with Crippen molar-refractivity contribution in [2.45, 2.75) is 26.3 Å². The first-order valence-electron chi connectivity index (χ1n) is 7.27. The second-order valence-electron chi connectivity index (χ2n) is 5.29. The molecule has 0 spiro atoms. The fourth-order valence-electron chi connectivity index (χ4n) is 2.77. The largest absolute Gasteiger partial charge is 0.320 e. The lowest BCUT2D eigenvalue weighted by Gasteiger charge is -2.17. The van der Waals surface area contributed by atoms with Crippen LogP contribution in [0.3, 0.4) is 0 Å². The van der Waals surface area contributed by atoms with E-state index in [4.69, 9.17) is 5.73 Å². The van der Waals surface area contributed by atoms with Crippen molar-refractivity contribution in [2.75, 3.05) is 0 Å². The van der Waals surface area contributed by atoms with Crippen LogP contribution in [0.25, 0.3) is 10.8 Å². The highest BCUT2D eigenvalue weighted by molar-refractivity contribution is 5.86. The van der Waals surface area contributed by atoms with Gasteiger partial charge in [0.1, 0.15) is 0 Å². The summed E-state index contributed by atoms with van der Waals surface area (Å²) in [5.74, 6) is 0. The van der Waals surface area contributed by atoms with Crippen LogP contribution in [0, 0.1) is 6.92 Å². The topological polar surface area (TPSA) is 51.8 Å². The molecule has 3 heteroatoms. The normalized spacial score (nSPS) is 12.5. The molecule has 0 aliphatic rings. The van der Waals surface area contributed by atoms with Gasteiger partial charge >= 0.3 is 0 Å². The number of benzene rings is 2. The van der Waals surface area contributed by atoms with Gasteiger partial charge in [-0.1, -0.05) is 49.4 Å². The molecule has 2 aromatic carbocycles. The lowest BCUT2D eigenvalue weighted by atomic mass is 9.93. The van der Waals surface area contributed by atoms with Crippen LogP contribution in [0.4, 0.5) is 0 Å². The third kappa shape index (κ3) is 2.52. The Balaban J connectivity index is 2.17. The zero-order valence-electron chi connectivity index (χ0n) is 12.4. The molecule has 106 valence electrons. The Hall–Kier alpha value is -2.26. The predicted molar refractivity (Wildman–Crippen MR) is 86.1 cm³/mol. The summed E-state index contributed by atoms with van der Waals surface area (Å²) in [6.45, 7) is 4.03. The van der Waals surface area contributed by atoms with Gasteiger partial charge in [0.25, 0.3) is 0 Å².